The molecule has 0 aliphatic heterocycles. The average Bonchev–Trinajstić information content (AvgIpc) is 2.53. The third-order valence-electron chi connectivity index (χ3n) is 3.56. The van der Waals surface area contributed by atoms with Gasteiger partial charge in [-0.2, -0.15) is 0 Å². The Morgan fingerprint density at radius 1 is 1.12 bits per heavy atom. The molecule has 128 valence electrons. The summed E-state index contributed by atoms with van der Waals surface area (Å²) in [5.74, 6) is 1.37. The average molecular weight is 327 g/mol. The van der Waals surface area contributed by atoms with Gasteiger partial charge in [-0.3, -0.25) is 0 Å². The molecule has 0 spiro atoms. The van der Waals surface area contributed by atoms with Gasteiger partial charge in [0, 0.05) is 26.0 Å². The second-order valence-electron chi connectivity index (χ2n) is 6.86. The van der Waals surface area contributed by atoms with E-state index in [-0.39, 0.29) is 18.0 Å². The van der Waals surface area contributed by atoms with Crippen molar-refractivity contribution in [2.45, 2.75) is 32.7 Å². The lowest BCUT2D eigenvalue weighted by Gasteiger charge is -2.19. The van der Waals surface area contributed by atoms with Crippen LogP contribution in [0.25, 0.3) is 0 Å². The van der Waals surface area contributed by atoms with Crippen LogP contribution in [0.5, 0.6) is 0 Å². The molecule has 2 N–H and O–H groups in total. The molecule has 6 nitrogen and oxygen atoms in total. The Labute approximate surface area is 143 Å². The molecular formula is C18H25N5O. The van der Waals surface area contributed by atoms with E-state index in [0.717, 1.165) is 11.5 Å². The molecule has 0 saturated carbocycles. The molecule has 0 bridgehead atoms. The topological polar surface area (TPSA) is 70.2 Å². The van der Waals surface area contributed by atoms with Crippen molar-refractivity contribution >= 4 is 17.5 Å². The van der Waals surface area contributed by atoms with Gasteiger partial charge in [-0.15, -0.1) is 0 Å². The number of rotatable bonds is 4. The van der Waals surface area contributed by atoms with Gasteiger partial charge in [0.25, 0.3) is 0 Å². The molecule has 2 aromatic rings. The standard InChI is InChI=1S/C18H25N5O/c1-18(2,3)13-6-8-14(9-7-13)21-17(24)20-12-15-19-11-10-16(22-15)23(4)5/h6-11H,12H2,1-5H3,(H2,20,21,24). The summed E-state index contributed by atoms with van der Waals surface area (Å²) in [6.07, 6.45) is 1.68. The summed E-state index contributed by atoms with van der Waals surface area (Å²) >= 11 is 0. The van der Waals surface area contributed by atoms with E-state index in [2.05, 4.69) is 41.4 Å². The first-order valence-corrected chi connectivity index (χ1v) is 7.90. The molecule has 0 aliphatic carbocycles. The van der Waals surface area contributed by atoms with Gasteiger partial charge in [-0.05, 0) is 29.2 Å². The maximum Gasteiger partial charge on any atom is 0.319 e. The van der Waals surface area contributed by atoms with E-state index >= 15 is 0 Å². The van der Waals surface area contributed by atoms with Crippen molar-refractivity contribution in [3.05, 3.63) is 47.9 Å². The number of urea groups is 1. The zero-order valence-electron chi connectivity index (χ0n) is 14.9. The summed E-state index contributed by atoms with van der Waals surface area (Å²) < 4.78 is 0. The fraction of sp³-hybridized carbons (Fsp3) is 0.389. The number of aromatic nitrogens is 2. The number of nitrogens with zero attached hydrogens (tertiary/aromatic N) is 3. The van der Waals surface area contributed by atoms with Crippen molar-refractivity contribution in [1.29, 1.82) is 0 Å². The molecule has 0 aliphatic rings. The van der Waals surface area contributed by atoms with Gasteiger partial charge in [0.1, 0.15) is 11.6 Å². The van der Waals surface area contributed by atoms with E-state index in [1.165, 1.54) is 5.56 Å². The number of amides is 2. The van der Waals surface area contributed by atoms with Crippen LogP contribution in [0.4, 0.5) is 16.3 Å². The van der Waals surface area contributed by atoms with E-state index in [9.17, 15) is 4.79 Å². The summed E-state index contributed by atoms with van der Waals surface area (Å²) in [4.78, 5) is 22.4. The van der Waals surface area contributed by atoms with Crippen LogP contribution >= 0.6 is 0 Å². The molecule has 2 rings (SSSR count). The Bertz CT molecular complexity index is 689. The predicted molar refractivity (Wildman–Crippen MR) is 97.4 cm³/mol. The van der Waals surface area contributed by atoms with Crippen LogP contribution in [0, 0.1) is 0 Å². The summed E-state index contributed by atoms with van der Waals surface area (Å²) in [6.45, 7) is 6.74. The van der Waals surface area contributed by atoms with Crippen LogP contribution in [0.2, 0.25) is 0 Å². The largest absolute Gasteiger partial charge is 0.363 e. The van der Waals surface area contributed by atoms with E-state index < -0.39 is 0 Å². The quantitative estimate of drug-likeness (QED) is 0.905. The normalized spacial score (nSPS) is 11.0. The molecule has 1 aromatic heterocycles. The molecule has 0 unspecified atom stereocenters. The van der Waals surface area contributed by atoms with Gasteiger partial charge in [0.05, 0.1) is 6.54 Å². The SMILES string of the molecule is CN(C)c1ccnc(CNC(=O)Nc2ccc(C(C)(C)C)cc2)n1. The second kappa shape index (κ2) is 7.29. The Kier molecular flexibility index (Phi) is 5.39. The fourth-order valence-electron chi connectivity index (χ4n) is 2.11. The van der Waals surface area contributed by atoms with Crippen molar-refractivity contribution in [1.82, 2.24) is 15.3 Å². The van der Waals surface area contributed by atoms with Crippen LogP contribution in [0.15, 0.2) is 36.5 Å². The van der Waals surface area contributed by atoms with Gasteiger partial charge >= 0.3 is 6.03 Å². The first-order chi connectivity index (χ1) is 11.3. The molecule has 2 amide bonds. The van der Waals surface area contributed by atoms with Crippen LogP contribution in [-0.2, 0) is 12.0 Å². The van der Waals surface area contributed by atoms with Gasteiger partial charge in [0.2, 0.25) is 0 Å². The lowest BCUT2D eigenvalue weighted by Crippen LogP contribution is -2.29. The molecule has 0 fully saturated rings. The monoisotopic (exact) mass is 327 g/mol. The highest BCUT2D eigenvalue weighted by atomic mass is 16.2. The van der Waals surface area contributed by atoms with E-state index in [1.807, 2.05) is 49.3 Å². The first kappa shape index (κ1) is 17.7. The minimum atomic E-state index is -0.280. The number of carbonyl (C=O) groups excluding carboxylic acids is 1. The maximum atomic E-state index is 12.0. The highest BCUT2D eigenvalue weighted by Crippen LogP contribution is 2.23. The molecule has 6 heteroatoms. The maximum absolute atomic E-state index is 12.0. The van der Waals surface area contributed by atoms with E-state index in [1.54, 1.807) is 6.20 Å². The van der Waals surface area contributed by atoms with Gasteiger partial charge < -0.3 is 15.5 Å². The smallest absolute Gasteiger partial charge is 0.319 e. The number of nitrogens with one attached hydrogen (secondary N) is 2. The lowest BCUT2D eigenvalue weighted by molar-refractivity contribution is 0.251. The van der Waals surface area contributed by atoms with Crippen molar-refractivity contribution in [2.75, 3.05) is 24.3 Å². The highest BCUT2D eigenvalue weighted by Gasteiger charge is 2.13. The summed E-state index contributed by atoms with van der Waals surface area (Å²) in [5, 5.41) is 5.58. The van der Waals surface area contributed by atoms with Gasteiger partial charge in [0.15, 0.2) is 0 Å². The van der Waals surface area contributed by atoms with Crippen LogP contribution in [0.1, 0.15) is 32.2 Å². The zero-order valence-corrected chi connectivity index (χ0v) is 14.9. The Hall–Kier alpha value is -2.63. The van der Waals surface area contributed by atoms with Crippen molar-refractivity contribution in [3.8, 4) is 0 Å². The fourth-order valence-corrected chi connectivity index (χ4v) is 2.11. The number of benzene rings is 1. The Balaban J connectivity index is 1.90. The third kappa shape index (κ3) is 4.94. The number of hydrogen-bond donors (Lipinski definition) is 2. The van der Waals surface area contributed by atoms with Crippen LogP contribution < -0.4 is 15.5 Å². The number of hydrogen-bond acceptors (Lipinski definition) is 4. The summed E-state index contributed by atoms with van der Waals surface area (Å²) in [6, 6.07) is 9.41. The summed E-state index contributed by atoms with van der Waals surface area (Å²) in [7, 11) is 3.82. The Morgan fingerprint density at radius 3 is 2.38 bits per heavy atom. The van der Waals surface area contributed by atoms with Crippen LogP contribution in [0.3, 0.4) is 0 Å². The van der Waals surface area contributed by atoms with Crippen molar-refractivity contribution in [3.63, 3.8) is 0 Å². The summed E-state index contributed by atoms with van der Waals surface area (Å²) in [5.41, 5.74) is 2.07. The molecule has 24 heavy (non-hydrogen) atoms. The van der Waals surface area contributed by atoms with Crippen LogP contribution in [-0.4, -0.2) is 30.1 Å². The first-order valence-electron chi connectivity index (χ1n) is 7.90. The lowest BCUT2D eigenvalue weighted by atomic mass is 9.87. The molecular weight excluding hydrogens is 302 g/mol. The molecule has 1 heterocycles. The van der Waals surface area contributed by atoms with Crippen molar-refractivity contribution < 1.29 is 4.79 Å². The minimum Gasteiger partial charge on any atom is -0.363 e. The third-order valence-corrected chi connectivity index (χ3v) is 3.56. The zero-order chi connectivity index (χ0) is 17.7. The van der Waals surface area contributed by atoms with E-state index in [0.29, 0.717) is 5.82 Å². The second-order valence-corrected chi connectivity index (χ2v) is 6.86. The molecule has 1 aromatic carbocycles. The molecule has 0 saturated heterocycles. The van der Waals surface area contributed by atoms with Gasteiger partial charge in [-0.25, -0.2) is 14.8 Å². The molecule has 0 atom stereocenters. The predicted octanol–water partition coefficient (Wildman–Crippen LogP) is 3.16. The Morgan fingerprint density at radius 2 is 1.79 bits per heavy atom. The highest BCUT2D eigenvalue weighted by molar-refractivity contribution is 5.89. The molecule has 0 radical (unpaired) electrons. The van der Waals surface area contributed by atoms with Crippen molar-refractivity contribution in [2.24, 2.45) is 0 Å². The number of anilines is 2. The number of carbonyl (C=O) groups is 1. The van der Waals surface area contributed by atoms with E-state index in [4.69, 9.17) is 0 Å². The minimum absolute atomic E-state index is 0.0928. The van der Waals surface area contributed by atoms with Gasteiger partial charge in [-0.1, -0.05) is 32.9 Å².